The smallest absolute Gasteiger partial charge is 0.268 e. The van der Waals surface area contributed by atoms with Gasteiger partial charge in [-0.3, -0.25) is 9.36 Å². The van der Waals surface area contributed by atoms with E-state index in [2.05, 4.69) is 6.92 Å². The molecule has 0 saturated carbocycles. The van der Waals surface area contributed by atoms with Gasteiger partial charge in [0.2, 0.25) is 0 Å². The van der Waals surface area contributed by atoms with E-state index in [0.717, 1.165) is 38.5 Å². The molecule has 2 aromatic rings. The van der Waals surface area contributed by atoms with Crippen molar-refractivity contribution in [1.29, 1.82) is 0 Å². The first-order chi connectivity index (χ1) is 10.6. The fourth-order valence-corrected chi connectivity index (χ4v) is 4.85. The summed E-state index contributed by atoms with van der Waals surface area (Å²) in [5, 5.41) is 1.98. The molecule has 0 spiro atoms. The first-order valence-corrected chi connectivity index (χ1v) is 9.50. The SMILES string of the molecule is CCn1c(SCc2cccc(Cl)c2)nc2c(c1=O)SC(C)C2. The molecule has 0 saturated heterocycles. The van der Waals surface area contributed by atoms with Crippen LogP contribution in [0, 0.1) is 0 Å². The Balaban J connectivity index is 1.89. The van der Waals surface area contributed by atoms with Crippen LogP contribution in [0.25, 0.3) is 0 Å². The summed E-state index contributed by atoms with van der Waals surface area (Å²) >= 11 is 9.27. The molecule has 0 amide bonds. The fourth-order valence-electron chi connectivity index (χ4n) is 2.50. The number of rotatable bonds is 4. The van der Waals surface area contributed by atoms with E-state index in [1.165, 1.54) is 0 Å². The van der Waals surface area contributed by atoms with E-state index in [-0.39, 0.29) is 5.56 Å². The third kappa shape index (κ3) is 3.21. The van der Waals surface area contributed by atoms with Crippen LogP contribution in [-0.2, 0) is 18.7 Å². The van der Waals surface area contributed by atoms with Crippen LogP contribution in [-0.4, -0.2) is 14.8 Å². The number of nitrogens with zero attached hydrogens (tertiary/aromatic N) is 2. The van der Waals surface area contributed by atoms with Gasteiger partial charge in [0.1, 0.15) is 0 Å². The van der Waals surface area contributed by atoms with Crippen LogP contribution >= 0.6 is 35.1 Å². The first kappa shape index (κ1) is 16.0. The molecule has 0 N–H and O–H groups in total. The highest BCUT2D eigenvalue weighted by molar-refractivity contribution is 8.00. The molecular formula is C16H17ClN2OS2. The number of hydrogen-bond donors (Lipinski definition) is 0. The van der Waals surface area contributed by atoms with E-state index in [1.807, 2.05) is 31.2 Å². The summed E-state index contributed by atoms with van der Waals surface area (Å²) in [6, 6.07) is 7.80. The maximum absolute atomic E-state index is 12.6. The summed E-state index contributed by atoms with van der Waals surface area (Å²) in [6.45, 7) is 4.77. The molecule has 0 radical (unpaired) electrons. The molecule has 1 aromatic heterocycles. The maximum atomic E-state index is 12.6. The van der Waals surface area contributed by atoms with Crippen molar-refractivity contribution in [2.75, 3.05) is 0 Å². The van der Waals surface area contributed by atoms with Crippen LogP contribution in [0.15, 0.2) is 39.1 Å². The van der Waals surface area contributed by atoms with E-state index in [4.69, 9.17) is 16.6 Å². The zero-order valence-electron chi connectivity index (χ0n) is 12.5. The van der Waals surface area contributed by atoms with Crippen LogP contribution in [0.3, 0.4) is 0 Å². The summed E-state index contributed by atoms with van der Waals surface area (Å²) in [7, 11) is 0. The van der Waals surface area contributed by atoms with Crippen molar-refractivity contribution in [1.82, 2.24) is 9.55 Å². The summed E-state index contributed by atoms with van der Waals surface area (Å²) in [4.78, 5) is 18.2. The third-order valence-electron chi connectivity index (χ3n) is 3.54. The molecule has 1 aliphatic heterocycles. The average Bonchev–Trinajstić information content (AvgIpc) is 2.86. The summed E-state index contributed by atoms with van der Waals surface area (Å²) < 4.78 is 1.78. The summed E-state index contributed by atoms with van der Waals surface area (Å²) in [5.41, 5.74) is 2.20. The van der Waals surface area contributed by atoms with Crippen LogP contribution < -0.4 is 5.56 Å². The van der Waals surface area contributed by atoms with Gasteiger partial charge in [0.15, 0.2) is 5.16 Å². The topological polar surface area (TPSA) is 34.9 Å². The molecule has 22 heavy (non-hydrogen) atoms. The predicted molar refractivity (Wildman–Crippen MR) is 94.2 cm³/mol. The van der Waals surface area contributed by atoms with E-state index >= 15 is 0 Å². The van der Waals surface area contributed by atoms with Crippen molar-refractivity contribution in [3.8, 4) is 0 Å². The lowest BCUT2D eigenvalue weighted by Crippen LogP contribution is -2.24. The Hall–Kier alpha value is -0.910. The molecule has 3 nitrogen and oxygen atoms in total. The minimum atomic E-state index is 0.107. The molecule has 1 atom stereocenters. The van der Waals surface area contributed by atoms with Crippen molar-refractivity contribution in [2.24, 2.45) is 0 Å². The summed E-state index contributed by atoms with van der Waals surface area (Å²) in [5.74, 6) is 0.758. The lowest BCUT2D eigenvalue weighted by atomic mass is 10.2. The van der Waals surface area contributed by atoms with Crippen LogP contribution in [0.4, 0.5) is 0 Å². The molecule has 0 bridgehead atoms. The van der Waals surface area contributed by atoms with Crippen molar-refractivity contribution >= 4 is 35.1 Å². The molecule has 6 heteroatoms. The Morgan fingerprint density at radius 3 is 3.05 bits per heavy atom. The van der Waals surface area contributed by atoms with Gasteiger partial charge in [-0.2, -0.15) is 0 Å². The molecule has 1 aliphatic rings. The van der Waals surface area contributed by atoms with Crippen molar-refractivity contribution in [3.05, 3.63) is 50.9 Å². The first-order valence-electron chi connectivity index (χ1n) is 7.26. The standard InChI is InChI=1S/C16H17ClN2OS2/c1-3-19-15(20)14-13(7-10(2)22-14)18-16(19)21-9-11-5-4-6-12(17)8-11/h4-6,8,10H,3,7,9H2,1-2H3. The highest BCUT2D eigenvalue weighted by Gasteiger charge is 2.25. The van der Waals surface area contributed by atoms with Gasteiger partial charge in [-0.25, -0.2) is 4.98 Å². The zero-order chi connectivity index (χ0) is 15.7. The van der Waals surface area contributed by atoms with Gasteiger partial charge in [0.05, 0.1) is 10.6 Å². The number of fused-ring (bicyclic) bond motifs is 1. The van der Waals surface area contributed by atoms with Gasteiger partial charge >= 0.3 is 0 Å². The Kier molecular flexibility index (Phi) is 4.85. The van der Waals surface area contributed by atoms with Gasteiger partial charge in [0, 0.05) is 29.0 Å². The van der Waals surface area contributed by atoms with Crippen LogP contribution in [0.5, 0.6) is 0 Å². The Bertz CT molecular complexity index is 760. The lowest BCUT2D eigenvalue weighted by molar-refractivity contribution is 0.595. The van der Waals surface area contributed by atoms with Crippen molar-refractivity contribution in [3.63, 3.8) is 0 Å². The second kappa shape index (κ2) is 6.69. The number of benzene rings is 1. The maximum Gasteiger partial charge on any atom is 0.268 e. The molecular weight excluding hydrogens is 336 g/mol. The fraction of sp³-hybridized carbons (Fsp3) is 0.375. The largest absolute Gasteiger partial charge is 0.287 e. The van der Waals surface area contributed by atoms with Gasteiger partial charge in [-0.05, 0) is 24.6 Å². The Morgan fingerprint density at radius 2 is 2.32 bits per heavy atom. The highest BCUT2D eigenvalue weighted by Crippen LogP contribution is 2.34. The number of aromatic nitrogens is 2. The van der Waals surface area contributed by atoms with Gasteiger partial charge in [-0.15, -0.1) is 11.8 Å². The molecule has 2 heterocycles. The number of thioether (sulfide) groups is 2. The molecule has 0 aliphatic carbocycles. The molecule has 1 unspecified atom stereocenters. The lowest BCUT2D eigenvalue weighted by Gasteiger charge is -2.11. The predicted octanol–water partition coefficient (Wildman–Crippen LogP) is 4.25. The Labute approximate surface area is 143 Å². The average molecular weight is 353 g/mol. The number of hydrogen-bond acceptors (Lipinski definition) is 4. The molecule has 1 aromatic carbocycles. The van der Waals surface area contributed by atoms with Crippen molar-refractivity contribution < 1.29 is 0 Å². The third-order valence-corrected chi connectivity index (χ3v) is 6.03. The van der Waals surface area contributed by atoms with Crippen LogP contribution in [0.1, 0.15) is 25.1 Å². The zero-order valence-corrected chi connectivity index (χ0v) is 14.9. The molecule has 3 rings (SSSR count). The highest BCUT2D eigenvalue weighted by atomic mass is 35.5. The van der Waals surface area contributed by atoms with Crippen molar-refractivity contribution in [2.45, 2.75) is 47.9 Å². The van der Waals surface area contributed by atoms with E-state index in [1.54, 1.807) is 28.1 Å². The van der Waals surface area contributed by atoms with Crippen LogP contribution in [0.2, 0.25) is 5.02 Å². The van der Waals surface area contributed by atoms with E-state index < -0.39 is 0 Å². The second-order valence-corrected chi connectivity index (χ2v) is 8.10. The molecule has 0 fully saturated rings. The summed E-state index contributed by atoms with van der Waals surface area (Å²) in [6.07, 6.45) is 0.879. The second-order valence-electron chi connectivity index (χ2n) is 5.27. The van der Waals surface area contributed by atoms with E-state index in [0.29, 0.717) is 11.8 Å². The van der Waals surface area contributed by atoms with Gasteiger partial charge in [0.25, 0.3) is 5.56 Å². The minimum Gasteiger partial charge on any atom is -0.287 e. The van der Waals surface area contributed by atoms with Gasteiger partial charge in [-0.1, -0.05) is 42.4 Å². The Morgan fingerprint density at radius 1 is 1.50 bits per heavy atom. The minimum absolute atomic E-state index is 0.107. The van der Waals surface area contributed by atoms with Gasteiger partial charge < -0.3 is 0 Å². The monoisotopic (exact) mass is 352 g/mol. The normalized spacial score (nSPS) is 16.8. The number of halogens is 1. The van der Waals surface area contributed by atoms with E-state index in [9.17, 15) is 4.79 Å². The quantitative estimate of drug-likeness (QED) is 0.608. The molecule has 116 valence electrons.